The van der Waals surface area contributed by atoms with Gasteiger partial charge in [0.1, 0.15) is 0 Å². The number of aromatic nitrogens is 1. The van der Waals surface area contributed by atoms with Crippen molar-refractivity contribution in [1.82, 2.24) is 4.57 Å². The van der Waals surface area contributed by atoms with Gasteiger partial charge in [0.2, 0.25) is 0 Å². The number of hydrogen-bond donors (Lipinski definition) is 1. The number of hydrogen-bond acceptors (Lipinski definition) is 2. The quantitative estimate of drug-likeness (QED) is 0.741. The van der Waals surface area contributed by atoms with Crippen LogP contribution in [0.15, 0.2) is 30.5 Å². The zero-order valence-electron chi connectivity index (χ0n) is 11.8. The normalized spacial score (nSPS) is 11.3. The summed E-state index contributed by atoms with van der Waals surface area (Å²) in [5, 5.41) is 1.37. The molecule has 2 N–H and O–H groups in total. The van der Waals surface area contributed by atoms with Crippen molar-refractivity contribution in [1.29, 1.82) is 0 Å². The van der Waals surface area contributed by atoms with Crippen LogP contribution in [0.3, 0.4) is 0 Å². The van der Waals surface area contributed by atoms with Crippen LogP contribution < -0.4 is 5.73 Å². The molecule has 0 aliphatic rings. The second kappa shape index (κ2) is 7.31. The Kier molecular flexibility index (Phi) is 5.43. The highest BCUT2D eigenvalue weighted by molar-refractivity contribution is 5.83. The van der Waals surface area contributed by atoms with E-state index in [0.29, 0.717) is 0 Å². The van der Waals surface area contributed by atoms with Crippen molar-refractivity contribution in [2.75, 3.05) is 19.8 Å². The van der Waals surface area contributed by atoms with E-state index in [1.54, 1.807) is 0 Å². The Hall–Kier alpha value is -1.32. The molecule has 0 unspecified atom stereocenters. The molecule has 0 saturated heterocycles. The third-order valence-electron chi connectivity index (χ3n) is 3.45. The summed E-state index contributed by atoms with van der Waals surface area (Å²) in [5.41, 5.74) is 8.31. The fraction of sp³-hybridized carbons (Fsp3) is 0.500. The molecule has 3 nitrogen and oxygen atoms in total. The summed E-state index contributed by atoms with van der Waals surface area (Å²) < 4.78 is 7.77. The summed E-state index contributed by atoms with van der Waals surface area (Å²) in [5.74, 6) is 0. The molecule has 104 valence electrons. The van der Waals surface area contributed by atoms with Crippen LogP contribution in [0, 0.1) is 0 Å². The molecule has 0 aliphatic heterocycles. The zero-order chi connectivity index (χ0) is 13.5. The minimum absolute atomic E-state index is 0.775. The van der Waals surface area contributed by atoms with Crippen LogP contribution in [0.5, 0.6) is 0 Å². The van der Waals surface area contributed by atoms with Gasteiger partial charge in [0.05, 0.1) is 6.61 Å². The predicted molar refractivity (Wildman–Crippen MR) is 80.4 cm³/mol. The van der Waals surface area contributed by atoms with E-state index in [1.807, 2.05) is 6.92 Å². The number of nitrogens with zero attached hydrogens (tertiary/aromatic N) is 1. The molecular weight excluding hydrogens is 236 g/mol. The summed E-state index contributed by atoms with van der Waals surface area (Å²) in [4.78, 5) is 0. The number of unbranched alkanes of at least 4 members (excludes halogenated alkanes) is 1. The lowest BCUT2D eigenvalue weighted by molar-refractivity contribution is 0.140. The molecule has 0 bridgehead atoms. The van der Waals surface area contributed by atoms with Crippen molar-refractivity contribution in [3.8, 4) is 0 Å². The van der Waals surface area contributed by atoms with Crippen LogP contribution in [-0.4, -0.2) is 24.3 Å². The Morgan fingerprint density at radius 1 is 1.21 bits per heavy atom. The number of nitrogens with two attached hydrogens (primary N) is 1. The van der Waals surface area contributed by atoms with Crippen molar-refractivity contribution >= 4 is 10.9 Å². The van der Waals surface area contributed by atoms with Crippen molar-refractivity contribution in [2.24, 2.45) is 5.73 Å². The van der Waals surface area contributed by atoms with Gasteiger partial charge in [-0.2, -0.15) is 0 Å². The van der Waals surface area contributed by atoms with Gasteiger partial charge in [-0.15, -0.1) is 0 Å². The minimum atomic E-state index is 0.775. The molecule has 2 aromatic rings. The van der Waals surface area contributed by atoms with Gasteiger partial charge >= 0.3 is 0 Å². The molecule has 0 amide bonds. The molecule has 0 atom stereocenters. The van der Waals surface area contributed by atoms with Gasteiger partial charge < -0.3 is 15.0 Å². The second-order valence-corrected chi connectivity index (χ2v) is 4.81. The van der Waals surface area contributed by atoms with E-state index in [2.05, 4.69) is 35.0 Å². The van der Waals surface area contributed by atoms with E-state index >= 15 is 0 Å². The Labute approximate surface area is 115 Å². The third kappa shape index (κ3) is 3.58. The first-order valence-electron chi connectivity index (χ1n) is 7.21. The Morgan fingerprint density at radius 2 is 2.05 bits per heavy atom. The molecule has 1 heterocycles. The summed E-state index contributed by atoms with van der Waals surface area (Å²) in [7, 11) is 0. The summed E-state index contributed by atoms with van der Waals surface area (Å²) >= 11 is 0. The monoisotopic (exact) mass is 260 g/mol. The topological polar surface area (TPSA) is 40.2 Å². The first-order valence-corrected chi connectivity index (χ1v) is 7.21. The van der Waals surface area contributed by atoms with Crippen LogP contribution >= 0.6 is 0 Å². The number of aryl methyl sites for hydroxylation is 1. The molecule has 2 rings (SSSR count). The number of fused-ring (bicyclic) bond motifs is 1. The average Bonchev–Trinajstić information content (AvgIpc) is 2.79. The van der Waals surface area contributed by atoms with Gasteiger partial charge in [-0.05, 0) is 44.4 Å². The van der Waals surface area contributed by atoms with Crippen molar-refractivity contribution in [2.45, 2.75) is 32.7 Å². The summed E-state index contributed by atoms with van der Waals surface area (Å²) in [6.07, 6.45) is 5.65. The molecular formula is C16H24N2O. The van der Waals surface area contributed by atoms with Crippen molar-refractivity contribution < 1.29 is 4.74 Å². The van der Waals surface area contributed by atoms with Crippen LogP contribution in [0.2, 0.25) is 0 Å². The number of benzene rings is 1. The van der Waals surface area contributed by atoms with Crippen LogP contribution in [-0.2, 0) is 17.7 Å². The number of ether oxygens (including phenoxy) is 1. The summed E-state index contributed by atoms with van der Waals surface area (Å²) in [6, 6.07) is 8.61. The molecule has 0 spiro atoms. The minimum Gasteiger partial charge on any atom is -0.380 e. The lowest BCUT2D eigenvalue weighted by Gasteiger charge is -2.04. The maximum absolute atomic E-state index is 5.57. The van der Waals surface area contributed by atoms with Crippen LogP contribution in [0.4, 0.5) is 0 Å². The first-order chi connectivity index (χ1) is 9.36. The van der Waals surface area contributed by atoms with Gasteiger partial charge in [-0.1, -0.05) is 18.2 Å². The molecule has 0 radical (unpaired) electrons. The van der Waals surface area contributed by atoms with E-state index in [9.17, 15) is 0 Å². The standard InChI is InChI=1S/C16H24N2O/c1-2-19-12-11-18-13-14(7-5-6-10-17)15-8-3-4-9-16(15)18/h3-4,8-9,13H,2,5-7,10-12,17H2,1H3. The van der Waals surface area contributed by atoms with Gasteiger partial charge in [0.25, 0.3) is 0 Å². The lowest BCUT2D eigenvalue weighted by Crippen LogP contribution is -2.04. The predicted octanol–water partition coefficient (Wildman–Crippen LogP) is 2.96. The van der Waals surface area contributed by atoms with Gasteiger partial charge in [-0.3, -0.25) is 0 Å². The highest BCUT2D eigenvalue weighted by Crippen LogP contribution is 2.22. The zero-order valence-corrected chi connectivity index (χ0v) is 11.8. The Morgan fingerprint density at radius 3 is 2.84 bits per heavy atom. The van der Waals surface area contributed by atoms with Gasteiger partial charge in [0, 0.05) is 30.3 Å². The summed E-state index contributed by atoms with van der Waals surface area (Å²) in [6.45, 7) is 5.29. The Bertz CT molecular complexity index is 460. The maximum Gasteiger partial charge on any atom is 0.0645 e. The highest BCUT2D eigenvalue weighted by atomic mass is 16.5. The molecule has 19 heavy (non-hydrogen) atoms. The molecule has 1 aromatic carbocycles. The average molecular weight is 260 g/mol. The maximum atomic E-state index is 5.57. The number of para-hydroxylation sites is 1. The fourth-order valence-electron chi connectivity index (χ4n) is 2.47. The Balaban J connectivity index is 2.16. The highest BCUT2D eigenvalue weighted by Gasteiger charge is 2.07. The number of rotatable bonds is 8. The largest absolute Gasteiger partial charge is 0.380 e. The molecule has 1 aromatic heterocycles. The van der Waals surface area contributed by atoms with E-state index in [4.69, 9.17) is 10.5 Å². The van der Waals surface area contributed by atoms with Crippen molar-refractivity contribution in [3.63, 3.8) is 0 Å². The first kappa shape index (κ1) is 14.1. The van der Waals surface area contributed by atoms with E-state index < -0.39 is 0 Å². The molecule has 0 saturated carbocycles. The molecule has 3 heteroatoms. The fourth-order valence-corrected chi connectivity index (χ4v) is 2.47. The van der Waals surface area contributed by atoms with E-state index in [-0.39, 0.29) is 0 Å². The van der Waals surface area contributed by atoms with Crippen LogP contribution in [0.1, 0.15) is 25.3 Å². The molecule has 0 fully saturated rings. The SMILES string of the molecule is CCOCCn1cc(CCCCN)c2ccccc21. The van der Waals surface area contributed by atoms with Gasteiger partial charge in [-0.25, -0.2) is 0 Å². The molecule has 0 aliphatic carbocycles. The third-order valence-corrected chi connectivity index (χ3v) is 3.45. The van der Waals surface area contributed by atoms with Crippen molar-refractivity contribution in [3.05, 3.63) is 36.0 Å². The second-order valence-electron chi connectivity index (χ2n) is 4.81. The lowest BCUT2D eigenvalue weighted by atomic mass is 10.1. The van der Waals surface area contributed by atoms with E-state index in [1.165, 1.54) is 16.5 Å². The van der Waals surface area contributed by atoms with Gasteiger partial charge in [0.15, 0.2) is 0 Å². The smallest absolute Gasteiger partial charge is 0.0645 e. The van der Waals surface area contributed by atoms with Crippen LogP contribution in [0.25, 0.3) is 10.9 Å². The van der Waals surface area contributed by atoms with E-state index in [0.717, 1.165) is 45.6 Å².